The maximum atomic E-state index is 11.0. The van der Waals surface area contributed by atoms with Crippen LogP contribution in [0.5, 0.6) is 0 Å². The highest BCUT2D eigenvalue weighted by Gasteiger charge is 2.05. The number of imidazole rings is 1. The monoisotopic (exact) mass is 231 g/mol. The van der Waals surface area contributed by atoms with Gasteiger partial charge in [0.05, 0.1) is 29.9 Å². The molecule has 1 heterocycles. The summed E-state index contributed by atoms with van der Waals surface area (Å²) < 4.78 is 0. The molecule has 0 bridgehead atoms. The molecule has 1 amide bonds. The van der Waals surface area contributed by atoms with Crippen molar-refractivity contribution in [2.45, 2.75) is 6.54 Å². The van der Waals surface area contributed by atoms with Gasteiger partial charge >= 0.3 is 0 Å². The summed E-state index contributed by atoms with van der Waals surface area (Å²) in [6.07, 6.45) is 3.31. The van der Waals surface area contributed by atoms with Crippen molar-refractivity contribution >= 4 is 17.3 Å². The number of aromatic nitrogens is 2. The van der Waals surface area contributed by atoms with Crippen LogP contribution in [0, 0.1) is 0 Å². The van der Waals surface area contributed by atoms with Gasteiger partial charge in [0.2, 0.25) is 5.91 Å². The Hall–Kier alpha value is -2.50. The van der Waals surface area contributed by atoms with Crippen molar-refractivity contribution in [1.29, 1.82) is 0 Å². The van der Waals surface area contributed by atoms with Gasteiger partial charge in [0.25, 0.3) is 0 Å². The number of H-pyrrole nitrogens is 1. The van der Waals surface area contributed by atoms with Crippen LogP contribution >= 0.6 is 0 Å². The van der Waals surface area contributed by atoms with E-state index < -0.39 is 5.91 Å². The van der Waals surface area contributed by atoms with E-state index >= 15 is 0 Å². The lowest BCUT2D eigenvalue weighted by Crippen LogP contribution is -2.12. The quantitative estimate of drug-likeness (QED) is 0.580. The summed E-state index contributed by atoms with van der Waals surface area (Å²) >= 11 is 0. The second kappa shape index (κ2) is 4.56. The Balaban J connectivity index is 2.14. The van der Waals surface area contributed by atoms with E-state index in [2.05, 4.69) is 15.3 Å². The summed E-state index contributed by atoms with van der Waals surface area (Å²) in [5, 5.41) is 3.11. The van der Waals surface area contributed by atoms with Crippen molar-refractivity contribution in [3.63, 3.8) is 0 Å². The van der Waals surface area contributed by atoms with Crippen LogP contribution in [0.2, 0.25) is 0 Å². The molecule has 2 aromatic rings. The topological polar surface area (TPSA) is 110 Å². The number of anilines is 2. The lowest BCUT2D eigenvalue weighted by Gasteiger charge is -2.09. The number of amides is 1. The Labute approximate surface area is 98.0 Å². The molecule has 1 aromatic heterocycles. The SMILES string of the molecule is NC(=O)c1ccc(N)c(NCc2cnc[nH]2)c1. The van der Waals surface area contributed by atoms with E-state index in [0.29, 0.717) is 23.5 Å². The Kier molecular flexibility index (Phi) is 2.95. The van der Waals surface area contributed by atoms with Crippen LogP contribution in [0.15, 0.2) is 30.7 Å². The zero-order chi connectivity index (χ0) is 12.3. The smallest absolute Gasteiger partial charge is 0.248 e. The number of nitrogens with one attached hydrogen (secondary N) is 2. The lowest BCUT2D eigenvalue weighted by atomic mass is 10.1. The van der Waals surface area contributed by atoms with Gasteiger partial charge in [0.15, 0.2) is 0 Å². The largest absolute Gasteiger partial charge is 0.397 e. The number of nitrogens with zero attached hydrogens (tertiary/aromatic N) is 1. The van der Waals surface area contributed by atoms with Crippen LogP contribution in [0.4, 0.5) is 11.4 Å². The molecule has 0 fully saturated rings. The molecule has 0 spiro atoms. The first kappa shape index (κ1) is 11.0. The predicted molar refractivity (Wildman–Crippen MR) is 65.3 cm³/mol. The molecule has 6 heteroatoms. The summed E-state index contributed by atoms with van der Waals surface area (Å²) in [5.74, 6) is -0.477. The number of aromatic amines is 1. The van der Waals surface area contributed by atoms with Gasteiger partial charge < -0.3 is 21.8 Å². The maximum Gasteiger partial charge on any atom is 0.248 e. The second-order valence-corrected chi connectivity index (χ2v) is 3.60. The van der Waals surface area contributed by atoms with Crippen LogP contribution < -0.4 is 16.8 Å². The number of benzene rings is 1. The molecule has 1 aromatic carbocycles. The Bertz CT molecular complexity index is 521. The van der Waals surface area contributed by atoms with E-state index in [1.54, 1.807) is 30.7 Å². The highest BCUT2D eigenvalue weighted by atomic mass is 16.1. The first-order valence-corrected chi connectivity index (χ1v) is 5.07. The molecule has 88 valence electrons. The third-order valence-corrected chi connectivity index (χ3v) is 2.36. The fraction of sp³-hybridized carbons (Fsp3) is 0.0909. The summed E-state index contributed by atoms with van der Waals surface area (Å²) in [6.45, 7) is 0.548. The standard InChI is InChI=1S/C11H13N5O/c12-9-2-1-7(11(13)17)3-10(9)15-5-8-4-14-6-16-8/h1-4,6,15H,5,12H2,(H2,13,17)(H,14,16). The Morgan fingerprint density at radius 2 is 2.29 bits per heavy atom. The Morgan fingerprint density at radius 3 is 2.94 bits per heavy atom. The number of carbonyl (C=O) groups excluding carboxylic acids is 1. The van der Waals surface area contributed by atoms with E-state index in [1.165, 1.54) is 0 Å². The first-order valence-electron chi connectivity index (χ1n) is 5.07. The molecule has 6 N–H and O–H groups in total. The van der Waals surface area contributed by atoms with Crippen LogP contribution in [-0.4, -0.2) is 15.9 Å². The van der Waals surface area contributed by atoms with Crippen molar-refractivity contribution in [1.82, 2.24) is 9.97 Å². The first-order chi connectivity index (χ1) is 8.16. The van der Waals surface area contributed by atoms with Gasteiger partial charge in [-0.05, 0) is 18.2 Å². The molecule has 0 saturated heterocycles. The molecule has 0 saturated carbocycles. The molecule has 0 radical (unpaired) electrons. The molecule has 2 rings (SSSR count). The van der Waals surface area contributed by atoms with Gasteiger partial charge in [-0.2, -0.15) is 0 Å². The van der Waals surface area contributed by atoms with Crippen molar-refractivity contribution in [3.05, 3.63) is 42.0 Å². The molecular weight excluding hydrogens is 218 g/mol. The normalized spacial score (nSPS) is 10.1. The second-order valence-electron chi connectivity index (χ2n) is 3.60. The molecule has 6 nitrogen and oxygen atoms in total. The van der Waals surface area contributed by atoms with E-state index in [9.17, 15) is 4.79 Å². The fourth-order valence-corrected chi connectivity index (χ4v) is 1.43. The summed E-state index contributed by atoms with van der Waals surface area (Å²) in [4.78, 5) is 17.9. The van der Waals surface area contributed by atoms with Gasteiger partial charge in [0, 0.05) is 11.8 Å². The van der Waals surface area contributed by atoms with Crippen LogP contribution in [-0.2, 0) is 6.54 Å². The molecule has 0 atom stereocenters. The minimum atomic E-state index is -0.477. The number of carbonyl (C=O) groups is 1. The minimum Gasteiger partial charge on any atom is -0.397 e. The number of hydrogen-bond donors (Lipinski definition) is 4. The average molecular weight is 231 g/mol. The molecule has 0 unspecified atom stereocenters. The Morgan fingerprint density at radius 1 is 1.47 bits per heavy atom. The third-order valence-electron chi connectivity index (χ3n) is 2.36. The van der Waals surface area contributed by atoms with Crippen molar-refractivity contribution in [3.8, 4) is 0 Å². The number of nitrogen functional groups attached to an aromatic ring is 1. The summed E-state index contributed by atoms with van der Waals surface area (Å²) in [5.41, 5.74) is 13.6. The fourth-order valence-electron chi connectivity index (χ4n) is 1.43. The van der Waals surface area contributed by atoms with Gasteiger partial charge in [0.1, 0.15) is 0 Å². The van der Waals surface area contributed by atoms with E-state index in [0.717, 1.165) is 5.69 Å². The average Bonchev–Trinajstić information content (AvgIpc) is 2.80. The van der Waals surface area contributed by atoms with Gasteiger partial charge in [-0.15, -0.1) is 0 Å². The number of primary amides is 1. The zero-order valence-electron chi connectivity index (χ0n) is 9.10. The van der Waals surface area contributed by atoms with Gasteiger partial charge in [-0.25, -0.2) is 4.98 Å². The third kappa shape index (κ3) is 2.54. The van der Waals surface area contributed by atoms with E-state index in [-0.39, 0.29) is 0 Å². The van der Waals surface area contributed by atoms with Crippen molar-refractivity contribution in [2.75, 3.05) is 11.1 Å². The summed E-state index contributed by atoms with van der Waals surface area (Å²) in [6, 6.07) is 4.88. The van der Waals surface area contributed by atoms with Crippen LogP contribution in [0.1, 0.15) is 16.1 Å². The minimum absolute atomic E-state index is 0.423. The molecule has 0 aliphatic rings. The lowest BCUT2D eigenvalue weighted by molar-refractivity contribution is 0.100. The van der Waals surface area contributed by atoms with Crippen LogP contribution in [0.3, 0.4) is 0 Å². The number of hydrogen-bond acceptors (Lipinski definition) is 4. The molecular formula is C11H13N5O. The highest BCUT2D eigenvalue weighted by molar-refractivity contribution is 5.94. The summed E-state index contributed by atoms with van der Waals surface area (Å²) in [7, 11) is 0. The number of nitrogens with two attached hydrogens (primary N) is 2. The van der Waals surface area contributed by atoms with Gasteiger partial charge in [-0.3, -0.25) is 4.79 Å². The zero-order valence-corrected chi connectivity index (χ0v) is 9.10. The van der Waals surface area contributed by atoms with Crippen LogP contribution in [0.25, 0.3) is 0 Å². The van der Waals surface area contributed by atoms with Crippen molar-refractivity contribution in [2.24, 2.45) is 5.73 Å². The van der Waals surface area contributed by atoms with E-state index in [4.69, 9.17) is 11.5 Å². The van der Waals surface area contributed by atoms with Gasteiger partial charge in [-0.1, -0.05) is 0 Å². The molecule has 0 aliphatic carbocycles. The molecule has 17 heavy (non-hydrogen) atoms. The maximum absolute atomic E-state index is 11.0. The van der Waals surface area contributed by atoms with Crippen molar-refractivity contribution < 1.29 is 4.79 Å². The number of rotatable bonds is 4. The molecule has 0 aliphatic heterocycles. The highest BCUT2D eigenvalue weighted by Crippen LogP contribution is 2.20. The van der Waals surface area contributed by atoms with E-state index in [1.807, 2.05) is 0 Å². The predicted octanol–water partition coefficient (Wildman–Crippen LogP) is 0.703.